The molecule has 0 amide bonds. The topological polar surface area (TPSA) is 47.3 Å². The fraction of sp³-hybridized carbons (Fsp3) is 0.385. The molecule has 3 nitrogen and oxygen atoms in total. The monoisotopic (exact) mass is 218 g/mol. The quantitative estimate of drug-likeness (QED) is 0.451. The largest absolute Gasteiger partial charge is 0.494 e. The number of para-hydroxylation sites is 1. The summed E-state index contributed by atoms with van der Waals surface area (Å²) >= 11 is 0. The number of nitrogens with two attached hydrogens (primary N) is 1. The van der Waals surface area contributed by atoms with Crippen LogP contribution in [-0.4, -0.2) is 6.61 Å². The van der Waals surface area contributed by atoms with Gasteiger partial charge in [-0.3, -0.25) is 11.3 Å². The van der Waals surface area contributed by atoms with Crippen LogP contribution in [-0.2, 0) is 0 Å². The van der Waals surface area contributed by atoms with Gasteiger partial charge in [-0.25, -0.2) is 0 Å². The van der Waals surface area contributed by atoms with Crippen LogP contribution in [0, 0.1) is 11.8 Å². The summed E-state index contributed by atoms with van der Waals surface area (Å²) in [6.07, 6.45) is 0.678. The van der Waals surface area contributed by atoms with Crippen molar-refractivity contribution in [3.05, 3.63) is 29.8 Å². The van der Waals surface area contributed by atoms with Crippen molar-refractivity contribution < 1.29 is 4.74 Å². The zero-order chi connectivity index (χ0) is 11.8. The maximum atomic E-state index is 5.56. The van der Waals surface area contributed by atoms with E-state index in [2.05, 4.69) is 17.3 Å². The Kier molecular flexibility index (Phi) is 5.41. The minimum Gasteiger partial charge on any atom is -0.494 e. The molecular formula is C13H18N2O. The van der Waals surface area contributed by atoms with Gasteiger partial charge in [-0.15, -0.1) is 11.8 Å². The molecule has 1 unspecified atom stereocenters. The summed E-state index contributed by atoms with van der Waals surface area (Å²) in [6.45, 7) is 4.43. The molecule has 1 atom stereocenters. The Balaban J connectivity index is 2.92. The summed E-state index contributed by atoms with van der Waals surface area (Å²) in [5.74, 6) is 12.3. The highest BCUT2D eigenvalue weighted by Crippen LogP contribution is 2.26. The van der Waals surface area contributed by atoms with Crippen molar-refractivity contribution in [3.63, 3.8) is 0 Å². The molecule has 3 heteroatoms. The van der Waals surface area contributed by atoms with Crippen molar-refractivity contribution in [1.82, 2.24) is 5.43 Å². The summed E-state index contributed by atoms with van der Waals surface area (Å²) in [4.78, 5) is 0. The van der Waals surface area contributed by atoms with Crippen LogP contribution in [0.15, 0.2) is 24.3 Å². The Labute approximate surface area is 97.0 Å². The molecule has 86 valence electrons. The average Bonchev–Trinajstić information content (AvgIpc) is 2.32. The van der Waals surface area contributed by atoms with Crippen LogP contribution in [0.5, 0.6) is 5.75 Å². The van der Waals surface area contributed by atoms with Crippen LogP contribution in [0.25, 0.3) is 0 Å². The van der Waals surface area contributed by atoms with Gasteiger partial charge in [0.15, 0.2) is 0 Å². The number of hydrazine groups is 1. The first-order valence-corrected chi connectivity index (χ1v) is 5.41. The van der Waals surface area contributed by atoms with E-state index < -0.39 is 0 Å². The molecule has 0 aliphatic rings. The molecule has 0 spiro atoms. The highest BCUT2D eigenvalue weighted by molar-refractivity contribution is 5.36. The second kappa shape index (κ2) is 6.89. The van der Waals surface area contributed by atoms with E-state index in [0.717, 1.165) is 11.3 Å². The van der Waals surface area contributed by atoms with Crippen LogP contribution in [0.2, 0.25) is 0 Å². The first-order chi connectivity index (χ1) is 7.83. The third-order valence-corrected chi connectivity index (χ3v) is 2.28. The van der Waals surface area contributed by atoms with Gasteiger partial charge in [0.25, 0.3) is 0 Å². The molecule has 0 fully saturated rings. The first-order valence-electron chi connectivity index (χ1n) is 5.41. The highest BCUT2D eigenvalue weighted by Gasteiger charge is 2.12. The molecule has 1 aromatic rings. The van der Waals surface area contributed by atoms with Crippen LogP contribution in [0.3, 0.4) is 0 Å². The predicted octanol–water partition coefficient (Wildman–Crippen LogP) is 2.00. The Morgan fingerprint density at radius 3 is 2.81 bits per heavy atom. The number of hydrogen-bond donors (Lipinski definition) is 2. The van der Waals surface area contributed by atoms with Crippen LogP contribution in [0.4, 0.5) is 0 Å². The van der Waals surface area contributed by atoms with Crippen LogP contribution >= 0.6 is 0 Å². The molecule has 0 saturated carbocycles. The van der Waals surface area contributed by atoms with E-state index in [9.17, 15) is 0 Å². The number of ether oxygens (including phenoxy) is 1. The van der Waals surface area contributed by atoms with Gasteiger partial charge in [-0.05, 0) is 19.9 Å². The summed E-state index contributed by atoms with van der Waals surface area (Å²) < 4.78 is 5.56. The molecule has 1 rings (SSSR count). The minimum atomic E-state index is 0.00944. The van der Waals surface area contributed by atoms with E-state index in [1.54, 1.807) is 0 Å². The van der Waals surface area contributed by atoms with Gasteiger partial charge in [0.05, 0.1) is 12.6 Å². The molecule has 3 N–H and O–H groups in total. The van der Waals surface area contributed by atoms with Crippen molar-refractivity contribution in [2.24, 2.45) is 5.84 Å². The van der Waals surface area contributed by atoms with Gasteiger partial charge >= 0.3 is 0 Å². The summed E-state index contributed by atoms with van der Waals surface area (Å²) in [5, 5.41) is 0. The lowest BCUT2D eigenvalue weighted by Gasteiger charge is -2.17. The van der Waals surface area contributed by atoms with Crippen LogP contribution in [0.1, 0.15) is 31.9 Å². The number of hydrogen-bond acceptors (Lipinski definition) is 3. The van der Waals surface area contributed by atoms with E-state index in [1.807, 2.05) is 38.1 Å². The van der Waals surface area contributed by atoms with Crippen molar-refractivity contribution >= 4 is 0 Å². The normalized spacial score (nSPS) is 11.4. The van der Waals surface area contributed by atoms with Crippen molar-refractivity contribution in [3.8, 4) is 17.6 Å². The Morgan fingerprint density at radius 2 is 2.19 bits per heavy atom. The SMILES string of the molecule is CC#CCC(NN)c1ccccc1OCC. The maximum Gasteiger partial charge on any atom is 0.124 e. The fourth-order valence-electron chi connectivity index (χ4n) is 1.52. The molecule has 0 aliphatic carbocycles. The van der Waals surface area contributed by atoms with E-state index in [4.69, 9.17) is 10.6 Å². The second-order valence-electron chi connectivity index (χ2n) is 3.32. The standard InChI is InChI=1S/C13H18N2O/c1-3-5-9-12(15-14)11-8-6-7-10-13(11)16-4-2/h6-8,10,12,15H,4,9,14H2,1-2H3. The molecule has 0 aromatic heterocycles. The van der Waals surface area contributed by atoms with Gasteiger partial charge in [-0.2, -0.15) is 0 Å². The van der Waals surface area contributed by atoms with Gasteiger partial charge < -0.3 is 4.74 Å². The zero-order valence-corrected chi connectivity index (χ0v) is 9.79. The van der Waals surface area contributed by atoms with Crippen molar-refractivity contribution in [1.29, 1.82) is 0 Å². The Bertz CT molecular complexity index is 379. The smallest absolute Gasteiger partial charge is 0.124 e. The van der Waals surface area contributed by atoms with E-state index in [0.29, 0.717) is 13.0 Å². The lowest BCUT2D eigenvalue weighted by Crippen LogP contribution is -2.28. The first kappa shape index (κ1) is 12.6. The average molecular weight is 218 g/mol. The molecule has 0 heterocycles. The molecule has 0 radical (unpaired) electrons. The molecule has 0 aliphatic heterocycles. The Morgan fingerprint density at radius 1 is 1.44 bits per heavy atom. The second-order valence-corrected chi connectivity index (χ2v) is 3.32. The third-order valence-electron chi connectivity index (χ3n) is 2.28. The summed E-state index contributed by atoms with van der Waals surface area (Å²) in [5.41, 5.74) is 3.82. The van der Waals surface area contributed by atoms with E-state index in [1.165, 1.54) is 0 Å². The highest BCUT2D eigenvalue weighted by atomic mass is 16.5. The lowest BCUT2D eigenvalue weighted by molar-refractivity contribution is 0.331. The van der Waals surface area contributed by atoms with Gasteiger partial charge in [-0.1, -0.05) is 18.2 Å². The maximum absolute atomic E-state index is 5.56. The lowest BCUT2D eigenvalue weighted by atomic mass is 10.0. The van der Waals surface area contributed by atoms with Gasteiger partial charge in [0, 0.05) is 12.0 Å². The van der Waals surface area contributed by atoms with Gasteiger partial charge in [0.1, 0.15) is 5.75 Å². The number of nitrogens with one attached hydrogen (secondary N) is 1. The number of benzene rings is 1. The molecular weight excluding hydrogens is 200 g/mol. The number of rotatable bonds is 5. The summed E-state index contributed by atoms with van der Waals surface area (Å²) in [6, 6.07) is 7.89. The van der Waals surface area contributed by atoms with E-state index in [-0.39, 0.29) is 6.04 Å². The molecule has 16 heavy (non-hydrogen) atoms. The predicted molar refractivity (Wildman–Crippen MR) is 65.7 cm³/mol. The minimum absolute atomic E-state index is 0.00944. The molecule has 0 bridgehead atoms. The van der Waals surface area contributed by atoms with Crippen molar-refractivity contribution in [2.45, 2.75) is 26.3 Å². The zero-order valence-electron chi connectivity index (χ0n) is 9.79. The van der Waals surface area contributed by atoms with E-state index >= 15 is 0 Å². The molecule has 1 aromatic carbocycles. The Hall–Kier alpha value is -1.50. The fourth-order valence-corrected chi connectivity index (χ4v) is 1.52. The van der Waals surface area contributed by atoms with Gasteiger partial charge in [0.2, 0.25) is 0 Å². The molecule has 0 saturated heterocycles. The third kappa shape index (κ3) is 3.27. The van der Waals surface area contributed by atoms with Crippen LogP contribution < -0.4 is 16.0 Å². The van der Waals surface area contributed by atoms with Crippen molar-refractivity contribution in [2.75, 3.05) is 6.61 Å². The summed E-state index contributed by atoms with van der Waals surface area (Å²) in [7, 11) is 0.